The van der Waals surface area contributed by atoms with E-state index in [9.17, 15) is 10.0 Å². The minimum absolute atomic E-state index is 0.0694. The van der Waals surface area contributed by atoms with Crippen LogP contribution in [0.3, 0.4) is 0 Å². The predicted molar refractivity (Wildman–Crippen MR) is 107 cm³/mol. The molecule has 1 rings (SSSR count). The highest BCUT2D eigenvalue weighted by atomic mass is 16.5. The molecule has 1 heterocycles. The molecule has 0 aromatic carbocycles. The lowest BCUT2D eigenvalue weighted by Crippen LogP contribution is -2.32. The summed E-state index contributed by atoms with van der Waals surface area (Å²) in [5, 5.41) is 35.1. The van der Waals surface area contributed by atoms with E-state index in [4.69, 9.17) is 15.3 Å². The van der Waals surface area contributed by atoms with E-state index in [1.54, 1.807) is 4.90 Å². The molecule has 1 aromatic heterocycles. The molecule has 1 atom stereocenters. The normalized spacial score (nSPS) is 12.6. The number of nitrogens with zero attached hydrogens (tertiary/aromatic N) is 2. The van der Waals surface area contributed by atoms with Crippen molar-refractivity contribution < 1.29 is 20.5 Å². The van der Waals surface area contributed by atoms with Gasteiger partial charge in [0.05, 0.1) is 25.5 Å². The molecule has 0 aliphatic heterocycles. The summed E-state index contributed by atoms with van der Waals surface area (Å²) in [5.74, 6) is 0.439. The van der Waals surface area contributed by atoms with E-state index < -0.39 is 0 Å². The van der Waals surface area contributed by atoms with Crippen molar-refractivity contribution in [1.29, 1.82) is 0 Å². The number of aliphatic hydroxyl groups is 3. The van der Waals surface area contributed by atoms with Gasteiger partial charge in [-0.3, -0.25) is 9.69 Å². The molecule has 1 aromatic rings. The zero-order valence-electron chi connectivity index (χ0n) is 17.5. The molecular formula is C20H38N2O5. The van der Waals surface area contributed by atoms with Gasteiger partial charge in [0.25, 0.3) is 5.56 Å². The summed E-state index contributed by atoms with van der Waals surface area (Å²) in [7, 11) is 0. The SMILES string of the molecule is Cc1cc(CC(C)CC(C)(C)C)n(O)c(=O)c1.OCCN(CCO)CCO. The van der Waals surface area contributed by atoms with Crippen molar-refractivity contribution in [2.24, 2.45) is 11.3 Å². The predicted octanol–water partition coefficient (Wildman–Crippen LogP) is 1.27. The lowest BCUT2D eigenvalue weighted by molar-refractivity contribution is 0.136. The summed E-state index contributed by atoms with van der Waals surface area (Å²) >= 11 is 0. The van der Waals surface area contributed by atoms with Gasteiger partial charge in [-0.2, -0.15) is 4.73 Å². The highest BCUT2D eigenvalue weighted by Gasteiger charge is 2.17. The Kier molecular flexibility index (Phi) is 12.2. The van der Waals surface area contributed by atoms with Crippen molar-refractivity contribution in [2.75, 3.05) is 39.5 Å². The summed E-state index contributed by atoms with van der Waals surface area (Å²) in [5.41, 5.74) is 1.53. The van der Waals surface area contributed by atoms with Crippen LogP contribution in [0.1, 0.15) is 45.4 Å². The second kappa shape index (κ2) is 12.9. The zero-order chi connectivity index (χ0) is 21.0. The van der Waals surface area contributed by atoms with Gasteiger partial charge in [0.1, 0.15) is 0 Å². The topological polar surface area (TPSA) is 106 Å². The molecule has 27 heavy (non-hydrogen) atoms. The summed E-state index contributed by atoms with van der Waals surface area (Å²) in [4.78, 5) is 13.2. The number of aromatic nitrogens is 1. The summed E-state index contributed by atoms with van der Waals surface area (Å²) in [6, 6.07) is 3.32. The van der Waals surface area contributed by atoms with Crippen LogP contribution in [0.4, 0.5) is 0 Å². The van der Waals surface area contributed by atoms with Gasteiger partial charge >= 0.3 is 0 Å². The molecule has 0 spiro atoms. The molecule has 7 heteroatoms. The number of hydrogen-bond donors (Lipinski definition) is 4. The fourth-order valence-electron chi connectivity index (χ4n) is 3.14. The van der Waals surface area contributed by atoms with Crippen LogP contribution in [0.25, 0.3) is 0 Å². The van der Waals surface area contributed by atoms with Gasteiger partial charge in [-0.05, 0) is 42.7 Å². The second-order valence-electron chi connectivity index (χ2n) is 8.26. The van der Waals surface area contributed by atoms with Gasteiger partial charge in [0, 0.05) is 25.7 Å². The standard InChI is InChI=1S/C14H23NO2.C6H15NO3/c1-10-6-12(15(17)13(16)8-10)7-11(2)9-14(3,4)5;8-4-1-7(2-5-9)3-6-10/h6,8,11,17H,7,9H2,1-5H3;8-10H,1-6H2. The van der Waals surface area contributed by atoms with Crippen molar-refractivity contribution in [3.05, 3.63) is 33.7 Å². The zero-order valence-corrected chi connectivity index (χ0v) is 17.5. The van der Waals surface area contributed by atoms with Crippen molar-refractivity contribution in [2.45, 2.75) is 47.5 Å². The van der Waals surface area contributed by atoms with Crippen LogP contribution in [0.15, 0.2) is 16.9 Å². The maximum Gasteiger partial charge on any atom is 0.283 e. The molecule has 0 fully saturated rings. The average Bonchev–Trinajstić information content (AvgIpc) is 2.52. The van der Waals surface area contributed by atoms with E-state index >= 15 is 0 Å². The monoisotopic (exact) mass is 386 g/mol. The van der Waals surface area contributed by atoms with Crippen LogP contribution in [-0.2, 0) is 6.42 Å². The summed E-state index contributed by atoms with van der Waals surface area (Å²) < 4.78 is 0.770. The Labute approximate surface area is 162 Å². The molecule has 0 amide bonds. The number of aryl methyl sites for hydroxylation is 1. The van der Waals surface area contributed by atoms with Crippen LogP contribution < -0.4 is 5.56 Å². The molecule has 158 valence electrons. The molecule has 0 radical (unpaired) electrons. The number of rotatable bonds is 9. The quantitative estimate of drug-likeness (QED) is 0.476. The van der Waals surface area contributed by atoms with E-state index in [0.29, 0.717) is 31.2 Å². The fraction of sp³-hybridized carbons (Fsp3) is 0.750. The largest absolute Gasteiger partial charge is 0.425 e. The van der Waals surface area contributed by atoms with Crippen molar-refractivity contribution in [3.63, 3.8) is 0 Å². The maximum atomic E-state index is 11.4. The molecule has 0 saturated carbocycles. The first-order valence-corrected chi connectivity index (χ1v) is 9.50. The Morgan fingerprint density at radius 1 is 1.04 bits per heavy atom. The van der Waals surface area contributed by atoms with E-state index in [1.165, 1.54) is 6.07 Å². The molecule has 0 saturated heterocycles. The lowest BCUT2D eigenvalue weighted by Gasteiger charge is -2.23. The first kappa shape index (κ1) is 25.6. The van der Waals surface area contributed by atoms with Gasteiger partial charge in [-0.15, -0.1) is 0 Å². The van der Waals surface area contributed by atoms with Crippen LogP contribution in [0.2, 0.25) is 0 Å². The first-order valence-electron chi connectivity index (χ1n) is 9.50. The van der Waals surface area contributed by atoms with Crippen molar-refractivity contribution >= 4 is 0 Å². The lowest BCUT2D eigenvalue weighted by atomic mass is 9.83. The van der Waals surface area contributed by atoms with Crippen LogP contribution >= 0.6 is 0 Å². The third-order valence-electron chi connectivity index (χ3n) is 3.99. The molecule has 0 bridgehead atoms. The van der Waals surface area contributed by atoms with E-state index in [2.05, 4.69) is 27.7 Å². The minimum atomic E-state index is -0.344. The van der Waals surface area contributed by atoms with Crippen LogP contribution in [-0.4, -0.2) is 69.6 Å². The molecule has 0 aliphatic carbocycles. The Hall–Kier alpha value is -1.41. The molecule has 4 N–H and O–H groups in total. The number of pyridine rings is 1. The number of hydrogen-bond acceptors (Lipinski definition) is 6. The van der Waals surface area contributed by atoms with Crippen molar-refractivity contribution in [3.8, 4) is 0 Å². The highest BCUT2D eigenvalue weighted by molar-refractivity contribution is 5.15. The Morgan fingerprint density at radius 2 is 1.52 bits per heavy atom. The molecule has 0 aliphatic rings. The van der Waals surface area contributed by atoms with Crippen molar-refractivity contribution in [1.82, 2.24) is 9.63 Å². The molecule has 7 nitrogen and oxygen atoms in total. The second-order valence-corrected chi connectivity index (χ2v) is 8.26. The molecular weight excluding hydrogens is 348 g/mol. The maximum absolute atomic E-state index is 11.4. The Morgan fingerprint density at radius 3 is 1.93 bits per heavy atom. The van der Waals surface area contributed by atoms with Crippen LogP contribution in [0.5, 0.6) is 0 Å². The highest BCUT2D eigenvalue weighted by Crippen LogP contribution is 2.26. The fourth-order valence-corrected chi connectivity index (χ4v) is 3.14. The van der Waals surface area contributed by atoms with E-state index in [0.717, 1.165) is 23.1 Å². The van der Waals surface area contributed by atoms with Gasteiger partial charge in [0.2, 0.25) is 0 Å². The summed E-state index contributed by atoms with van der Waals surface area (Å²) in [6.07, 6.45) is 1.79. The minimum Gasteiger partial charge on any atom is -0.425 e. The number of aliphatic hydroxyl groups excluding tert-OH is 3. The van der Waals surface area contributed by atoms with E-state index in [-0.39, 0.29) is 30.8 Å². The Balaban J connectivity index is 0.000000580. The molecule has 1 unspecified atom stereocenters. The average molecular weight is 387 g/mol. The first-order chi connectivity index (χ1) is 12.5. The van der Waals surface area contributed by atoms with Gasteiger partial charge < -0.3 is 20.5 Å². The summed E-state index contributed by atoms with van der Waals surface area (Å²) in [6.45, 7) is 12.4. The smallest absolute Gasteiger partial charge is 0.283 e. The van der Waals surface area contributed by atoms with E-state index in [1.807, 2.05) is 13.0 Å². The third-order valence-corrected chi connectivity index (χ3v) is 3.99. The van der Waals surface area contributed by atoms with Gasteiger partial charge in [0.15, 0.2) is 0 Å². The Bertz CT molecular complexity index is 566. The van der Waals surface area contributed by atoms with Crippen LogP contribution in [0, 0.1) is 18.3 Å². The van der Waals surface area contributed by atoms with Gasteiger partial charge in [-0.25, -0.2) is 0 Å². The third kappa shape index (κ3) is 11.8. The van der Waals surface area contributed by atoms with Gasteiger partial charge in [-0.1, -0.05) is 27.7 Å².